The Labute approximate surface area is 100 Å². The quantitative estimate of drug-likeness (QED) is 0.467. The van der Waals surface area contributed by atoms with E-state index in [1.807, 2.05) is 0 Å². The Morgan fingerprint density at radius 1 is 1.65 bits per heavy atom. The van der Waals surface area contributed by atoms with E-state index in [4.69, 9.17) is 10.5 Å². The lowest BCUT2D eigenvalue weighted by Gasteiger charge is -2.11. The van der Waals surface area contributed by atoms with Crippen LogP contribution in [0.2, 0.25) is 0 Å². The first-order valence-electron chi connectivity index (χ1n) is 5.29. The third kappa shape index (κ3) is 3.29. The van der Waals surface area contributed by atoms with E-state index >= 15 is 0 Å². The molecule has 0 bridgehead atoms. The maximum atomic E-state index is 10.8. The van der Waals surface area contributed by atoms with Crippen LogP contribution in [0, 0.1) is 10.1 Å². The molecule has 0 aliphatic carbocycles. The van der Waals surface area contributed by atoms with E-state index < -0.39 is 4.92 Å². The zero-order chi connectivity index (χ0) is 12.8. The molecule has 0 unspecified atom stereocenters. The number of allylic oxidation sites excluding steroid dienone is 1. The Kier molecular flexibility index (Phi) is 4.66. The highest BCUT2D eigenvalue weighted by Crippen LogP contribution is 2.30. The van der Waals surface area contributed by atoms with Crippen molar-refractivity contribution in [3.63, 3.8) is 0 Å². The average Bonchev–Trinajstić information content (AvgIpc) is 2.34. The van der Waals surface area contributed by atoms with Gasteiger partial charge in [0.1, 0.15) is 0 Å². The van der Waals surface area contributed by atoms with Crippen molar-refractivity contribution in [2.45, 2.75) is 18.9 Å². The lowest BCUT2D eigenvalue weighted by atomic mass is 10.0. The molecule has 1 rings (SSSR count). The van der Waals surface area contributed by atoms with Crippen LogP contribution >= 0.6 is 0 Å². The first-order valence-corrected chi connectivity index (χ1v) is 5.29. The molecular formula is C12H16N2O3. The van der Waals surface area contributed by atoms with E-state index in [2.05, 4.69) is 6.58 Å². The SMILES string of the molecule is C=CCC[C@H](N)c1ccc(OC)c([N+](=O)[O-])c1. The second-order valence-corrected chi connectivity index (χ2v) is 3.66. The number of nitro benzene ring substituents is 1. The molecule has 0 aromatic heterocycles. The summed E-state index contributed by atoms with van der Waals surface area (Å²) in [7, 11) is 1.40. The van der Waals surface area contributed by atoms with Crippen LogP contribution in [0.1, 0.15) is 24.4 Å². The van der Waals surface area contributed by atoms with Crippen molar-refractivity contribution < 1.29 is 9.66 Å². The van der Waals surface area contributed by atoms with Crippen LogP contribution in [0.15, 0.2) is 30.9 Å². The molecule has 1 aromatic carbocycles. The van der Waals surface area contributed by atoms with E-state index in [1.54, 1.807) is 18.2 Å². The second-order valence-electron chi connectivity index (χ2n) is 3.66. The van der Waals surface area contributed by atoms with Gasteiger partial charge in [-0.1, -0.05) is 12.1 Å². The van der Waals surface area contributed by atoms with Gasteiger partial charge in [-0.25, -0.2) is 0 Å². The van der Waals surface area contributed by atoms with E-state index in [0.29, 0.717) is 6.42 Å². The van der Waals surface area contributed by atoms with Gasteiger partial charge in [0, 0.05) is 12.1 Å². The minimum absolute atomic E-state index is 0.0564. The van der Waals surface area contributed by atoms with Gasteiger partial charge in [0.2, 0.25) is 0 Å². The molecule has 92 valence electrons. The van der Waals surface area contributed by atoms with E-state index in [9.17, 15) is 10.1 Å². The zero-order valence-electron chi connectivity index (χ0n) is 9.76. The van der Waals surface area contributed by atoms with E-state index in [-0.39, 0.29) is 17.5 Å². The maximum Gasteiger partial charge on any atom is 0.311 e. The minimum atomic E-state index is -0.470. The summed E-state index contributed by atoms with van der Waals surface area (Å²) in [6.07, 6.45) is 3.27. The number of ether oxygens (including phenoxy) is 1. The van der Waals surface area contributed by atoms with Gasteiger partial charge < -0.3 is 10.5 Å². The molecular weight excluding hydrogens is 220 g/mol. The maximum absolute atomic E-state index is 10.8. The molecule has 0 saturated carbocycles. The Morgan fingerprint density at radius 2 is 2.35 bits per heavy atom. The molecule has 5 nitrogen and oxygen atoms in total. The molecule has 1 atom stereocenters. The second kappa shape index (κ2) is 6.00. The standard InChI is InChI=1S/C12H16N2O3/c1-3-4-5-10(13)9-6-7-12(17-2)11(8-9)14(15)16/h3,6-8,10H,1,4-5,13H2,2H3/t10-/m0/s1. The number of benzene rings is 1. The lowest BCUT2D eigenvalue weighted by molar-refractivity contribution is -0.385. The van der Waals surface area contributed by atoms with Crippen LogP contribution in [0.3, 0.4) is 0 Å². The zero-order valence-corrected chi connectivity index (χ0v) is 9.76. The van der Waals surface area contributed by atoms with Crippen molar-refractivity contribution in [3.05, 3.63) is 46.5 Å². The minimum Gasteiger partial charge on any atom is -0.490 e. The number of hydrogen-bond donors (Lipinski definition) is 1. The summed E-state index contributed by atoms with van der Waals surface area (Å²) in [4.78, 5) is 10.4. The van der Waals surface area contributed by atoms with E-state index in [0.717, 1.165) is 12.0 Å². The van der Waals surface area contributed by atoms with Gasteiger partial charge in [-0.2, -0.15) is 0 Å². The van der Waals surface area contributed by atoms with Crippen LogP contribution in [-0.2, 0) is 0 Å². The van der Waals surface area contributed by atoms with Gasteiger partial charge in [-0.05, 0) is 24.5 Å². The summed E-state index contributed by atoms with van der Waals surface area (Å²) < 4.78 is 4.92. The Bertz CT molecular complexity index is 418. The fraction of sp³-hybridized carbons (Fsp3) is 0.333. The molecule has 0 aliphatic rings. The van der Waals surface area contributed by atoms with Crippen LogP contribution in [0.4, 0.5) is 5.69 Å². The molecule has 0 amide bonds. The third-order valence-corrected chi connectivity index (χ3v) is 2.51. The summed E-state index contributed by atoms with van der Waals surface area (Å²) in [5, 5.41) is 10.8. The number of hydrogen-bond acceptors (Lipinski definition) is 4. The normalized spacial score (nSPS) is 11.9. The molecule has 5 heteroatoms. The third-order valence-electron chi connectivity index (χ3n) is 2.51. The topological polar surface area (TPSA) is 78.4 Å². The van der Waals surface area contributed by atoms with Crippen LogP contribution in [0.25, 0.3) is 0 Å². The van der Waals surface area contributed by atoms with Crippen molar-refractivity contribution in [3.8, 4) is 5.75 Å². The molecule has 0 fully saturated rings. The van der Waals surface area contributed by atoms with Crippen molar-refractivity contribution in [2.75, 3.05) is 7.11 Å². The Morgan fingerprint density at radius 3 is 2.88 bits per heavy atom. The molecule has 0 aliphatic heterocycles. The highest BCUT2D eigenvalue weighted by Gasteiger charge is 2.17. The Hall–Kier alpha value is -1.88. The molecule has 0 saturated heterocycles. The molecule has 1 aromatic rings. The molecule has 0 heterocycles. The first-order chi connectivity index (χ1) is 8.10. The molecule has 0 spiro atoms. The molecule has 2 N–H and O–H groups in total. The highest BCUT2D eigenvalue weighted by atomic mass is 16.6. The van der Waals surface area contributed by atoms with Crippen LogP contribution in [-0.4, -0.2) is 12.0 Å². The molecule has 17 heavy (non-hydrogen) atoms. The number of nitrogens with zero attached hydrogens (tertiary/aromatic N) is 1. The van der Waals surface area contributed by atoms with Gasteiger partial charge in [-0.3, -0.25) is 10.1 Å². The number of methoxy groups -OCH3 is 1. The fourth-order valence-electron chi connectivity index (χ4n) is 1.54. The monoisotopic (exact) mass is 236 g/mol. The first kappa shape index (κ1) is 13.2. The molecule has 0 radical (unpaired) electrons. The smallest absolute Gasteiger partial charge is 0.311 e. The average molecular weight is 236 g/mol. The number of nitrogens with two attached hydrogens (primary N) is 1. The van der Waals surface area contributed by atoms with Crippen LogP contribution < -0.4 is 10.5 Å². The van der Waals surface area contributed by atoms with Gasteiger partial charge >= 0.3 is 5.69 Å². The predicted octanol–water partition coefficient (Wildman–Crippen LogP) is 2.57. The van der Waals surface area contributed by atoms with E-state index in [1.165, 1.54) is 13.2 Å². The van der Waals surface area contributed by atoms with Crippen molar-refractivity contribution in [1.29, 1.82) is 0 Å². The van der Waals surface area contributed by atoms with Crippen LogP contribution in [0.5, 0.6) is 5.75 Å². The summed E-state index contributed by atoms with van der Waals surface area (Å²) >= 11 is 0. The van der Waals surface area contributed by atoms with Crippen molar-refractivity contribution >= 4 is 5.69 Å². The highest BCUT2D eigenvalue weighted by molar-refractivity contribution is 5.49. The number of nitro groups is 1. The lowest BCUT2D eigenvalue weighted by Crippen LogP contribution is -2.10. The fourth-order valence-corrected chi connectivity index (χ4v) is 1.54. The number of rotatable bonds is 6. The van der Waals surface area contributed by atoms with Crippen molar-refractivity contribution in [2.24, 2.45) is 5.73 Å². The summed E-state index contributed by atoms with van der Waals surface area (Å²) in [5.41, 5.74) is 6.61. The van der Waals surface area contributed by atoms with Gasteiger partial charge in [-0.15, -0.1) is 6.58 Å². The summed E-state index contributed by atoms with van der Waals surface area (Å²) in [6.45, 7) is 3.62. The van der Waals surface area contributed by atoms with Gasteiger partial charge in [0.05, 0.1) is 12.0 Å². The largest absolute Gasteiger partial charge is 0.490 e. The Balaban J connectivity index is 2.98. The van der Waals surface area contributed by atoms with Gasteiger partial charge in [0.25, 0.3) is 0 Å². The van der Waals surface area contributed by atoms with Gasteiger partial charge in [0.15, 0.2) is 5.75 Å². The summed E-state index contributed by atoms with van der Waals surface area (Å²) in [5.74, 6) is 0.245. The predicted molar refractivity (Wildman–Crippen MR) is 66.0 cm³/mol. The summed E-state index contributed by atoms with van der Waals surface area (Å²) in [6, 6.07) is 4.56. The van der Waals surface area contributed by atoms with Crippen molar-refractivity contribution in [1.82, 2.24) is 0 Å².